The molecule has 0 atom stereocenters. The molecule has 1 saturated carbocycles. The predicted molar refractivity (Wildman–Crippen MR) is 72.5 cm³/mol. The highest BCUT2D eigenvalue weighted by molar-refractivity contribution is 5.74. The first kappa shape index (κ1) is 13.0. The Hall–Kier alpha value is -1.45. The smallest absolute Gasteiger partial charge is 0.315 e. The number of hydrogen-bond acceptors (Lipinski definition) is 1. The minimum atomic E-state index is -0.00518. The summed E-state index contributed by atoms with van der Waals surface area (Å²) in [4.78, 5) is 11.6. The minimum Gasteiger partial charge on any atom is -0.354 e. The van der Waals surface area contributed by atoms with Gasteiger partial charge in [0.1, 0.15) is 0 Å². The third kappa shape index (κ3) is 4.43. The van der Waals surface area contributed by atoms with Crippen molar-refractivity contribution in [1.82, 2.24) is 15.2 Å². The summed E-state index contributed by atoms with van der Waals surface area (Å²) in [5, 5.41) is 5.98. The van der Waals surface area contributed by atoms with Crippen molar-refractivity contribution < 1.29 is 4.79 Å². The number of carbonyl (C=O) groups excluding carboxylic acids is 1. The zero-order valence-electron chi connectivity index (χ0n) is 10.9. The van der Waals surface area contributed by atoms with Crippen LogP contribution in [0, 0.1) is 0 Å². The lowest BCUT2D eigenvalue weighted by Gasteiger charge is -2.22. The number of carbonyl (C=O) groups is 1. The molecule has 2 rings (SSSR count). The number of hydrogen-bond donors (Lipinski definition) is 2. The van der Waals surface area contributed by atoms with Crippen LogP contribution in [0.25, 0.3) is 0 Å². The molecule has 2 amide bonds. The van der Waals surface area contributed by atoms with Gasteiger partial charge in [-0.1, -0.05) is 19.3 Å². The van der Waals surface area contributed by atoms with Crippen LogP contribution in [0.4, 0.5) is 4.79 Å². The second kappa shape index (κ2) is 7.09. The van der Waals surface area contributed by atoms with Crippen molar-refractivity contribution in [2.45, 2.75) is 51.1 Å². The van der Waals surface area contributed by atoms with Crippen LogP contribution in [0.1, 0.15) is 38.5 Å². The summed E-state index contributed by atoms with van der Waals surface area (Å²) in [5.41, 5.74) is 0. The molecular formula is C14H23N3O. The molecule has 100 valence electrons. The lowest BCUT2D eigenvalue weighted by molar-refractivity contribution is 0.232. The van der Waals surface area contributed by atoms with E-state index in [1.165, 1.54) is 19.3 Å². The Balaban J connectivity index is 1.54. The highest BCUT2D eigenvalue weighted by Gasteiger charge is 2.14. The summed E-state index contributed by atoms with van der Waals surface area (Å²) in [7, 11) is 0. The molecule has 1 aromatic rings. The zero-order chi connectivity index (χ0) is 12.6. The van der Waals surface area contributed by atoms with E-state index in [-0.39, 0.29) is 6.03 Å². The normalized spacial score (nSPS) is 16.4. The Labute approximate surface area is 109 Å². The van der Waals surface area contributed by atoms with E-state index in [2.05, 4.69) is 15.2 Å². The van der Waals surface area contributed by atoms with Gasteiger partial charge >= 0.3 is 6.03 Å². The molecule has 4 heteroatoms. The summed E-state index contributed by atoms with van der Waals surface area (Å²) >= 11 is 0. The summed E-state index contributed by atoms with van der Waals surface area (Å²) in [5.74, 6) is 0. The SMILES string of the molecule is O=C(NCCCn1cccc1)NC1CCCCC1. The van der Waals surface area contributed by atoms with Gasteiger partial charge in [-0.3, -0.25) is 0 Å². The maximum atomic E-state index is 11.6. The van der Waals surface area contributed by atoms with Crippen molar-refractivity contribution in [1.29, 1.82) is 0 Å². The van der Waals surface area contributed by atoms with Gasteiger partial charge in [0.15, 0.2) is 0 Å². The lowest BCUT2D eigenvalue weighted by atomic mass is 9.96. The molecule has 0 radical (unpaired) electrons. The van der Waals surface area contributed by atoms with Crippen molar-refractivity contribution in [3.63, 3.8) is 0 Å². The number of nitrogens with one attached hydrogen (secondary N) is 2. The fraction of sp³-hybridized carbons (Fsp3) is 0.643. The monoisotopic (exact) mass is 249 g/mol. The molecular weight excluding hydrogens is 226 g/mol. The molecule has 1 heterocycles. The zero-order valence-corrected chi connectivity index (χ0v) is 10.9. The summed E-state index contributed by atoms with van der Waals surface area (Å²) in [6.07, 6.45) is 11.1. The largest absolute Gasteiger partial charge is 0.354 e. The van der Waals surface area contributed by atoms with Crippen molar-refractivity contribution in [2.24, 2.45) is 0 Å². The van der Waals surface area contributed by atoms with Crippen molar-refractivity contribution >= 4 is 6.03 Å². The Morgan fingerprint density at radius 1 is 1.17 bits per heavy atom. The first-order valence-corrected chi connectivity index (χ1v) is 7.00. The number of aryl methyl sites for hydroxylation is 1. The van der Waals surface area contributed by atoms with E-state index in [1.807, 2.05) is 24.5 Å². The maximum absolute atomic E-state index is 11.6. The predicted octanol–water partition coefficient (Wildman–Crippen LogP) is 2.51. The quantitative estimate of drug-likeness (QED) is 0.774. The third-order valence-electron chi connectivity index (χ3n) is 3.49. The average molecular weight is 249 g/mol. The summed E-state index contributed by atoms with van der Waals surface area (Å²) in [6, 6.07) is 4.42. The van der Waals surface area contributed by atoms with Gasteiger partial charge in [0.05, 0.1) is 0 Å². The van der Waals surface area contributed by atoms with Crippen molar-refractivity contribution in [3.05, 3.63) is 24.5 Å². The van der Waals surface area contributed by atoms with Gasteiger partial charge in [-0.05, 0) is 31.4 Å². The van der Waals surface area contributed by atoms with Crippen LogP contribution in [0.15, 0.2) is 24.5 Å². The second-order valence-corrected chi connectivity index (χ2v) is 5.01. The molecule has 0 spiro atoms. The van der Waals surface area contributed by atoms with Crippen LogP contribution in [-0.2, 0) is 6.54 Å². The number of amides is 2. The lowest BCUT2D eigenvalue weighted by Crippen LogP contribution is -2.43. The highest BCUT2D eigenvalue weighted by Crippen LogP contribution is 2.16. The molecule has 1 fully saturated rings. The van der Waals surface area contributed by atoms with E-state index in [1.54, 1.807) is 0 Å². The van der Waals surface area contributed by atoms with Gasteiger partial charge in [-0.2, -0.15) is 0 Å². The molecule has 0 aromatic carbocycles. The van der Waals surface area contributed by atoms with Gasteiger partial charge in [0.25, 0.3) is 0 Å². The fourth-order valence-corrected chi connectivity index (χ4v) is 2.47. The minimum absolute atomic E-state index is 0.00518. The maximum Gasteiger partial charge on any atom is 0.315 e. The van der Waals surface area contributed by atoms with E-state index >= 15 is 0 Å². The van der Waals surface area contributed by atoms with Crippen LogP contribution in [0.5, 0.6) is 0 Å². The average Bonchev–Trinajstić information content (AvgIpc) is 2.89. The van der Waals surface area contributed by atoms with E-state index in [9.17, 15) is 4.79 Å². The van der Waals surface area contributed by atoms with Crippen LogP contribution in [-0.4, -0.2) is 23.2 Å². The Kier molecular flexibility index (Phi) is 5.12. The third-order valence-corrected chi connectivity index (χ3v) is 3.49. The fourth-order valence-electron chi connectivity index (χ4n) is 2.47. The van der Waals surface area contributed by atoms with Crippen LogP contribution < -0.4 is 10.6 Å². The topological polar surface area (TPSA) is 46.1 Å². The highest BCUT2D eigenvalue weighted by atomic mass is 16.2. The van der Waals surface area contributed by atoms with Crippen LogP contribution >= 0.6 is 0 Å². The van der Waals surface area contributed by atoms with E-state index in [0.717, 1.165) is 32.4 Å². The number of urea groups is 1. The first-order chi connectivity index (χ1) is 8.84. The number of aromatic nitrogens is 1. The van der Waals surface area contributed by atoms with Gasteiger partial charge in [-0.25, -0.2) is 4.79 Å². The number of rotatable bonds is 5. The first-order valence-electron chi connectivity index (χ1n) is 7.00. The van der Waals surface area contributed by atoms with E-state index in [0.29, 0.717) is 6.04 Å². The molecule has 0 unspecified atom stereocenters. The Morgan fingerprint density at radius 2 is 1.89 bits per heavy atom. The van der Waals surface area contributed by atoms with Gasteiger partial charge < -0.3 is 15.2 Å². The molecule has 1 aromatic heterocycles. The molecule has 18 heavy (non-hydrogen) atoms. The molecule has 0 saturated heterocycles. The molecule has 4 nitrogen and oxygen atoms in total. The summed E-state index contributed by atoms with van der Waals surface area (Å²) < 4.78 is 2.13. The Morgan fingerprint density at radius 3 is 2.61 bits per heavy atom. The second-order valence-electron chi connectivity index (χ2n) is 5.01. The molecule has 0 aliphatic heterocycles. The molecule has 0 bridgehead atoms. The van der Waals surface area contributed by atoms with Crippen molar-refractivity contribution in [2.75, 3.05) is 6.54 Å². The molecule has 1 aliphatic carbocycles. The van der Waals surface area contributed by atoms with Gasteiger partial charge in [0.2, 0.25) is 0 Å². The molecule has 1 aliphatic rings. The van der Waals surface area contributed by atoms with Gasteiger partial charge in [0, 0.05) is 31.5 Å². The van der Waals surface area contributed by atoms with E-state index < -0.39 is 0 Å². The summed E-state index contributed by atoms with van der Waals surface area (Å²) in [6.45, 7) is 1.69. The molecule has 2 N–H and O–H groups in total. The van der Waals surface area contributed by atoms with Crippen LogP contribution in [0.2, 0.25) is 0 Å². The van der Waals surface area contributed by atoms with Crippen molar-refractivity contribution in [3.8, 4) is 0 Å². The van der Waals surface area contributed by atoms with Crippen LogP contribution in [0.3, 0.4) is 0 Å². The Bertz CT molecular complexity index is 342. The van der Waals surface area contributed by atoms with Gasteiger partial charge in [-0.15, -0.1) is 0 Å². The number of nitrogens with zero attached hydrogens (tertiary/aromatic N) is 1. The standard InChI is InChI=1S/C14H23N3O/c18-14(16-13-7-2-1-3-8-13)15-9-6-12-17-10-4-5-11-17/h4-5,10-11,13H,1-3,6-9,12H2,(H2,15,16,18). The van der Waals surface area contributed by atoms with E-state index in [4.69, 9.17) is 0 Å².